The van der Waals surface area contributed by atoms with Crippen LogP contribution in [0.15, 0.2) is 18.2 Å². The van der Waals surface area contributed by atoms with E-state index in [1.165, 1.54) is 32.4 Å². The number of likely N-dealkylation sites (tertiary alicyclic amines) is 1. The minimum Gasteiger partial charge on any atom is -0.366 e. The summed E-state index contributed by atoms with van der Waals surface area (Å²) in [6, 6.07) is 6.15. The number of anilines is 2. The number of piperidine rings is 1. The summed E-state index contributed by atoms with van der Waals surface area (Å²) in [5.74, 6) is 6.91. The lowest BCUT2D eigenvalue weighted by atomic mass is 10.1. The zero-order valence-electron chi connectivity index (χ0n) is 11.0. The van der Waals surface area contributed by atoms with Gasteiger partial charge in [0.05, 0.1) is 0 Å². The van der Waals surface area contributed by atoms with Crippen LogP contribution in [-0.4, -0.2) is 35.6 Å². The first-order valence-electron chi connectivity index (χ1n) is 6.70. The summed E-state index contributed by atoms with van der Waals surface area (Å²) in [6.07, 6.45) is 4.04. The predicted molar refractivity (Wildman–Crippen MR) is 75.4 cm³/mol. The Morgan fingerprint density at radius 2 is 2.00 bits per heavy atom. The van der Waals surface area contributed by atoms with E-state index >= 15 is 0 Å². The number of rotatable bonds is 5. The van der Waals surface area contributed by atoms with Crippen molar-refractivity contribution in [2.75, 3.05) is 30.4 Å². The number of nitrogens with one attached hydrogen (secondary N) is 2. The second kappa shape index (κ2) is 6.56. The van der Waals surface area contributed by atoms with Crippen molar-refractivity contribution in [2.45, 2.75) is 32.2 Å². The molecule has 1 unspecified atom stereocenters. The van der Waals surface area contributed by atoms with E-state index in [1.54, 1.807) is 0 Å². The molecule has 1 fully saturated rings. The molecule has 5 nitrogen and oxygen atoms in total. The molecule has 0 bridgehead atoms. The van der Waals surface area contributed by atoms with Crippen molar-refractivity contribution in [3.05, 3.63) is 18.2 Å². The van der Waals surface area contributed by atoms with Crippen molar-refractivity contribution in [1.82, 2.24) is 9.88 Å². The fourth-order valence-electron chi connectivity index (χ4n) is 2.42. The molecule has 4 N–H and O–H groups in total. The second-order valence-corrected chi connectivity index (χ2v) is 4.96. The molecule has 2 heterocycles. The van der Waals surface area contributed by atoms with Gasteiger partial charge in [-0.05, 0) is 45.0 Å². The highest BCUT2D eigenvalue weighted by molar-refractivity contribution is 5.44. The van der Waals surface area contributed by atoms with Gasteiger partial charge in [-0.3, -0.25) is 0 Å². The first-order chi connectivity index (χ1) is 8.78. The van der Waals surface area contributed by atoms with Crippen molar-refractivity contribution in [3.63, 3.8) is 0 Å². The summed E-state index contributed by atoms with van der Waals surface area (Å²) in [5.41, 5.74) is 2.56. The number of aromatic nitrogens is 1. The van der Waals surface area contributed by atoms with Crippen LogP contribution in [0.5, 0.6) is 0 Å². The third-order valence-electron chi connectivity index (χ3n) is 3.27. The van der Waals surface area contributed by atoms with Gasteiger partial charge in [-0.15, -0.1) is 0 Å². The van der Waals surface area contributed by atoms with Crippen LogP contribution in [0.1, 0.15) is 26.2 Å². The van der Waals surface area contributed by atoms with Crippen LogP contribution in [-0.2, 0) is 0 Å². The van der Waals surface area contributed by atoms with Crippen LogP contribution >= 0.6 is 0 Å². The van der Waals surface area contributed by atoms with Gasteiger partial charge in [-0.2, -0.15) is 0 Å². The lowest BCUT2D eigenvalue weighted by Crippen LogP contribution is -2.38. The number of hydrogen-bond acceptors (Lipinski definition) is 5. The summed E-state index contributed by atoms with van der Waals surface area (Å²) in [6.45, 7) is 5.72. The van der Waals surface area contributed by atoms with Crippen LogP contribution in [0.2, 0.25) is 0 Å². The third-order valence-corrected chi connectivity index (χ3v) is 3.27. The molecule has 1 atom stereocenters. The number of nitrogens with two attached hydrogens (primary N) is 1. The molecule has 18 heavy (non-hydrogen) atoms. The van der Waals surface area contributed by atoms with Crippen molar-refractivity contribution < 1.29 is 0 Å². The number of hydrogen-bond donors (Lipinski definition) is 3. The van der Waals surface area contributed by atoms with E-state index in [0.717, 1.165) is 12.4 Å². The maximum Gasteiger partial charge on any atom is 0.142 e. The van der Waals surface area contributed by atoms with Gasteiger partial charge in [0.1, 0.15) is 11.6 Å². The molecular formula is C13H23N5. The van der Waals surface area contributed by atoms with Crippen molar-refractivity contribution >= 4 is 11.6 Å². The largest absolute Gasteiger partial charge is 0.366 e. The molecule has 0 aliphatic carbocycles. The second-order valence-electron chi connectivity index (χ2n) is 4.96. The lowest BCUT2D eigenvalue weighted by molar-refractivity contribution is 0.223. The molecule has 0 aromatic carbocycles. The molecule has 0 saturated carbocycles. The van der Waals surface area contributed by atoms with Gasteiger partial charge in [-0.25, -0.2) is 10.8 Å². The van der Waals surface area contributed by atoms with Gasteiger partial charge < -0.3 is 15.6 Å². The maximum atomic E-state index is 5.35. The van der Waals surface area contributed by atoms with Gasteiger partial charge in [0.25, 0.3) is 0 Å². The summed E-state index contributed by atoms with van der Waals surface area (Å²) in [7, 11) is 0. The SMILES string of the molecule is CC(CN1CCCCC1)Nc1cccc(NN)n1. The first-order valence-corrected chi connectivity index (χ1v) is 6.70. The Hall–Kier alpha value is -1.33. The minimum absolute atomic E-state index is 0.392. The quantitative estimate of drug-likeness (QED) is 0.547. The smallest absolute Gasteiger partial charge is 0.142 e. The van der Waals surface area contributed by atoms with E-state index in [-0.39, 0.29) is 0 Å². The predicted octanol–water partition coefficient (Wildman–Crippen LogP) is 1.65. The molecular weight excluding hydrogens is 226 g/mol. The normalized spacial score (nSPS) is 18.3. The van der Waals surface area contributed by atoms with E-state index < -0.39 is 0 Å². The monoisotopic (exact) mass is 249 g/mol. The van der Waals surface area contributed by atoms with E-state index in [4.69, 9.17) is 5.84 Å². The van der Waals surface area contributed by atoms with Gasteiger partial charge in [0.15, 0.2) is 0 Å². The average Bonchev–Trinajstić information content (AvgIpc) is 2.40. The molecule has 1 aliphatic rings. The Kier molecular flexibility index (Phi) is 4.78. The van der Waals surface area contributed by atoms with Gasteiger partial charge in [0, 0.05) is 12.6 Å². The molecule has 0 radical (unpaired) electrons. The van der Waals surface area contributed by atoms with Crippen LogP contribution in [0.4, 0.5) is 11.6 Å². The van der Waals surface area contributed by atoms with Gasteiger partial charge >= 0.3 is 0 Å². The standard InChI is InChI=1S/C13H23N5/c1-11(10-18-8-3-2-4-9-18)15-12-6-5-7-13(16-12)17-14/h5-7,11H,2-4,8-10,14H2,1H3,(H2,15,16,17). The summed E-state index contributed by atoms with van der Waals surface area (Å²) in [4.78, 5) is 6.88. The zero-order chi connectivity index (χ0) is 12.8. The highest BCUT2D eigenvalue weighted by atomic mass is 15.3. The zero-order valence-corrected chi connectivity index (χ0v) is 11.0. The van der Waals surface area contributed by atoms with Crippen molar-refractivity contribution in [1.29, 1.82) is 0 Å². The Labute approximate surface area is 109 Å². The molecule has 1 aromatic heterocycles. The molecule has 5 heteroatoms. The Bertz CT molecular complexity index is 362. The maximum absolute atomic E-state index is 5.35. The fraction of sp³-hybridized carbons (Fsp3) is 0.615. The Morgan fingerprint density at radius 1 is 1.28 bits per heavy atom. The first kappa shape index (κ1) is 13.1. The summed E-state index contributed by atoms with van der Waals surface area (Å²) in [5, 5.41) is 3.42. The van der Waals surface area contributed by atoms with E-state index in [1.807, 2.05) is 18.2 Å². The number of nitrogens with zero attached hydrogens (tertiary/aromatic N) is 2. The van der Waals surface area contributed by atoms with Crippen LogP contribution < -0.4 is 16.6 Å². The summed E-state index contributed by atoms with van der Waals surface area (Å²) < 4.78 is 0. The lowest BCUT2D eigenvalue weighted by Gasteiger charge is -2.29. The average molecular weight is 249 g/mol. The molecule has 0 amide bonds. The Morgan fingerprint density at radius 3 is 2.72 bits per heavy atom. The van der Waals surface area contributed by atoms with Crippen LogP contribution in [0.25, 0.3) is 0 Å². The van der Waals surface area contributed by atoms with Crippen molar-refractivity contribution in [2.24, 2.45) is 5.84 Å². The Balaban J connectivity index is 1.83. The van der Waals surface area contributed by atoms with E-state index in [0.29, 0.717) is 11.9 Å². The molecule has 2 rings (SSSR count). The van der Waals surface area contributed by atoms with Gasteiger partial charge in [-0.1, -0.05) is 12.5 Å². The topological polar surface area (TPSA) is 66.2 Å². The fourth-order valence-corrected chi connectivity index (χ4v) is 2.42. The number of nitrogen functional groups attached to an aromatic ring is 1. The van der Waals surface area contributed by atoms with Crippen molar-refractivity contribution in [3.8, 4) is 0 Å². The molecule has 1 saturated heterocycles. The minimum atomic E-state index is 0.392. The van der Waals surface area contributed by atoms with Crippen LogP contribution in [0.3, 0.4) is 0 Å². The molecule has 1 aromatic rings. The third kappa shape index (κ3) is 3.85. The van der Waals surface area contributed by atoms with Gasteiger partial charge in [0.2, 0.25) is 0 Å². The molecule has 100 valence electrons. The summed E-state index contributed by atoms with van der Waals surface area (Å²) >= 11 is 0. The highest BCUT2D eigenvalue weighted by Gasteiger charge is 2.13. The molecule has 1 aliphatic heterocycles. The number of pyridine rings is 1. The van der Waals surface area contributed by atoms with E-state index in [2.05, 4.69) is 27.6 Å². The number of hydrazine groups is 1. The van der Waals surface area contributed by atoms with E-state index in [9.17, 15) is 0 Å². The van der Waals surface area contributed by atoms with Crippen LogP contribution in [0, 0.1) is 0 Å². The highest BCUT2D eigenvalue weighted by Crippen LogP contribution is 2.12. The molecule has 0 spiro atoms.